The van der Waals surface area contributed by atoms with Crippen LogP contribution in [-0.2, 0) is 4.79 Å². The maximum Gasteiger partial charge on any atom is 0.318 e. The molecule has 0 spiro atoms. The van der Waals surface area contributed by atoms with E-state index >= 15 is 0 Å². The fourth-order valence-corrected chi connectivity index (χ4v) is 3.09. The van der Waals surface area contributed by atoms with E-state index in [9.17, 15) is 23.5 Å². The van der Waals surface area contributed by atoms with Crippen LogP contribution >= 0.6 is 0 Å². The summed E-state index contributed by atoms with van der Waals surface area (Å²) in [7, 11) is 0. The van der Waals surface area contributed by atoms with E-state index < -0.39 is 35.6 Å². The van der Waals surface area contributed by atoms with Crippen LogP contribution in [0.15, 0.2) is 30.4 Å². The number of hydrogen-bond acceptors (Lipinski definition) is 2. The number of carboxylic acid groups (broad SMARTS) is 1. The van der Waals surface area contributed by atoms with Gasteiger partial charge >= 0.3 is 12.0 Å². The average Bonchev–Trinajstić information content (AvgIpc) is 2.54. The number of amides is 2. The highest BCUT2D eigenvalue weighted by molar-refractivity contribution is 5.77. The molecule has 3 atom stereocenters. The Labute approximate surface area is 145 Å². The van der Waals surface area contributed by atoms with E-state index in [0.717, 1.165) is 12.1 Å². The third kappa shape index (κ3) is 4.55. The van der Waals surface area contributed by atoms with E-state index in [-0.39, 0.29) is 12.5 Å². The predicted molar refractivity (Wildman–Crippen MR) is 88.9 cm³/mol. The largest absolute Gasteiger partial charge is 0.481 e. The van der Waals surface area contributed by atoms with Crippen LogP contribution in [0.25, 0.3) is 0 Å². The lowest BCUT2D eigenvalue weighted by Gasteiger charge is -2.35. The van der Waals surface area contributed by atoms with Crippen LogP contribution in [0.3, 0.4) is 0 Å². The fraction of sp³-hybridized carbons (Fsp3) is 0.444. The van der Waals surface area contributed by atoms with Gasteiger partial charge in [0.1, 0.15) is 0 Å². The van der Waals surface area contributed by atoms with Crippen LogP contribution < -0.4 is 5.32 Å². The molecule has 5 nitrogen and oxygen atoms in total. The Bertz CT molecular complexity index is 693. The number of halogens is 2. The molecule has 1 heterocycles. The first-order valence-electron chi connectivity index (χ1n) is 8.07. The predicted octanol–water partition coefficient (Wildman–Crippen LogP) is 3.33. The topological polar surface area (TPSA) is 69.6 Å². The number of likely N-dealkylation sites (tertiary alicyclic amines) is 1. The molecule has 2 N–H and O–H groups in total. The number of nitrogens with one attached hydrogen (secondary N) is 1. The van der Waals surface area contributed by atoms with Gasteiger partial charge in [-0.3, -0.25) is 4.79 Å². The molecule has 3 unspecified atom stereocenters. The lowest BCUT2D eigenvalue weighted by atomic mass is 9.90. The zero-order chi connectivity index (χ0) is 18.7. The highest BCUT2D eigenvalue weighted by Crippen LogP contribution is 2.25. The molecular formula is C18H22F2N2O3. The molecule has 0 saturated carbocycles. The molecular weight excluding hydrogens is 330 g/mol. The molecule has 1 aromatic carbocycles. The van der Waals surface area contributed by atoms with Gasteiger partial charge in [-0.05, 0) is 37.0 Å². The second-order valence-corrected chi connectivity index (χ2v) is 6.68. The minimum Gasteiger partial charge on any atom is -0.481 e. The molecule has 136 valence electrons. The Morgan fingerprint density at radius 3 is 2.56 bits per heavy atom. The van der Waals surface area contributed by atoms with Crippen LogP contribution in [0, 0.1) is 23.5 Å². The highest BCUT2D eigenvalue weighted by Gasteiger charge is 2.32. The van der Waals surface area contributed by atoms with Crippen molar-refractivity contribution in [2.75, 3.05) is 13.1 Å². The van der Waals surface area contributed by atoms with Crippen LogP contribution in [0.5, 0.6) is 0 Å². The molecule has 2 amide bonds. The number of carbonyl (C=O) groups is 2. The Kier molecular flexibility index (Phi) is 5.77. The second kappa shape index (κ2) is 7.63. The maximum atomic E-state index is 13.5. The third-order valence-electron chi connectivity index (χ3n) is 4.33. The van der Waals surface area contributed by atoms with Gasteiger partial charge in [-0.15, -0.1) is 0 Å². The highest BCUT2D eigenvalue weighted by atomic mass is 19.2. The van der Waals surface area contributed by atoms with E-state index in [1.807, 2.05) is 6.92 Å². The molecule has 0 aromatic heterocycles. The standard InChI is InChI=1S/C18H22F2N2O3/c1-10(2)16(12-4-5-14(19)15(20)7-12)21-18(25)22-8-11(3)6-13(9-22)17(23)24/h4-5,7,11,13,16H,1,6,8-9H2,2-3H3,(H,21,25)(H,23,24). The van der Waals surface area contributed by atoms with E-state index in [4.69, 9.17) is 0 Å². The average molecular weight is 352 g/mol. The van der Waals surface area contributed by atoms with Crippen molar-refractivity contribution >= 4 is 12.0 Å². The van der Waals surface area contributed by atoms with Gasteiger partial charge < -0.3 is 15.3 Å². The Morgan fingerprint density at radius 1 is 1.32 bits per heavy atom. The summed E-state index contributed by atoms with van der Waals surface area (Å²) in [5.74, 6) is -3.45. The summed E-state index contributed by atoms with van der Waals surface area (Å²) in [4.78, 5) is 25.3. The van der Waals surface area contributed by atoms with Crippen LogP contribution in [0.4, 0.5) is 13.6 Å². The van der Waals surface area contributed by atoms with Gasteiger partial charge in [0.05, 0.1) is 12.0 Å². The van der Waals surface area contributed by atoms with Gasteiger partial charge in [-0.25, -0.2) is 13.6 Å². The first kappa shape index (κ1) is 18.9. The minimum absolute atomic E-state index is 0.0622. The summed E-state index contributed by atoms with van der Waals surface area (Å²) < 4.78 is 26.6. The summed E-state index contributed by atoms with van der Waals surface area (Å²) in [5.41, 5.74) is 0.929. The van der Waals surface area contributed by atoms with Crippen LogP contribution in [-0.4, -0.2) is 35.1 Å². The first-order valence-corrected chi connectivity index (χ1v) is 8.07. The number of urea groups is 1. The first-order chi connectivity index (χ1) is 11.7. The van der Waals surface area contributed by atoms with E-state index in [0.29, 0.717) is 24.1 Å². The van der Waals surface area contributed by atoms with Gasteiger partial charge in [0.15, 0.2) is 11.6 Å². The van der Waals surface area contributed by atoms with Gasteiger partial charge in [-0.1, -0.05) is 25.1 Å². The van der Waals surface area contributed by atoms with E-state index in [2.05, 4.69) is 11.9 Å². The molecule has 1 aromatic rings. The van der Waals surface area contributed by atoms with Gasteiger partial charge in [0.25, 0.3) is 0 Å². The quantitative estimate of drug-likeness (QED) is 0.817. The summed E-state index contributed by atoms with van der Waals surface area (Å²) in [6.45, 7) is 7.92. The Morgan fingerprint density at radius 2 is 2.00 bits per heavy atom. The number of aliphatic carboxylic acids is 1. The zero-order valence-electron chi connectivity index (χ0n) is 14.3. The Hall–Kier alpha value is -2.44. The normalized spacial score (nSPS) is 21.5. The number of nitrogens with zero attached hydrogens (tertiary/aromatic N) is 1. The van der Waals surface area contributed by atoms with Crippen molar-refractivity contribution in [2.24, 2.45) is 11.8 Å². The van der Waals surface area contributed by atoms with Gasteiger partial charge in [-0.2, -0.15) is 0 Å². The molecule has 1 aliphatic rings. The second-order valence-electron chi connectivity index (χ2n) is 6.68. The number of hydrogen-bond donors (Lipinski definition) is 2. The van der Waals surface area contributed by atoms with E-state index in [1.54, 1.807) is 6.92 Å². The molecule has 7 heteroatoms. The SMILES string of the molecule is C=C(C)C(NC(=O)N1CC(C)CC(C(=O)O)C1)c1ccc(F)c(F)c1. The molecule has 1 aliphatic heterocycles. The smallest absolute Gasteiger partial charge is 0.318 e. The van der Waals surface area contributed by atoms with Crippen molar-refractivity contribution in [1.82, 2.24) is 10.2 Å². The van der Waals surface area contributed by atoms with Crippen molar-refractivity contribution in [3.8, 4) is 0 Å². The molecule has 2 rings (SSSR count). The van der Waals surface area contributed by atoms with Gasteiger partial charge in [0.2, 0.25) is 0 Å². The number of rotatable bonds is 4. The molecule has 0 bridgehead atoms. The number of benzene rings is 1. The monoisotopic (exact) mass is 352 g/mol. The van der Waals surface area contributed by atoms with Gasteiger partial charge in [0, 0.05) is 13.1 Å². The maximum absolute atomic E-state index is 13.5. The fourth-order valence-electron chi connectivity index (χ4n) is 3.09. The molecule has 0 aliphatic carbocycles. The number of piperidine rings is 1. The van der Waals surface area contributed by atoms with Crippen LogP contribution in [0.1, 0.15) is 31.9 Å². The molecule has 0 radical (unpaired) electrons. The van der Waals surface area contributed by atoms with Crippen molar-refractivity contribution in [3.63, 3.8) is 0 Å². The molecule has 1 fully saturated rings. The summed E-state index contributed by atoms with van der Waals surface area (Å²) in [5, 5.41) is 11.9. The minimum atomic E-state index is -1.00. The van der Waals surface area contributed by atoms with Crippen molar-refractivity contribution in [1.29, 1.82) is 0 Å². The van der Waals surface area contributed by atoms with Crippen molar-refractivity contribution in [3.05, 3.63) is 47.5 Å². The third-order valence-corrected chi connectivity index (χ3v) is 4.33. The Balaban J connectivity index is 2.16. The number of carbonyl (C=O) groups excluding carboxylic acids is 1. The summed E-state index contributed by atoms with van der Waals surface area (Å²) >= 11 is 0. The van der Waals surface area contributed by atoms with E-state index in [1.165, 1.54) is 11.0 Å². The van der Waals surface area contributed by atoms with Crippen LogP contribution in [0.2, 0.25) is 0 Å². The summed E-state index contributed by atoms with van der Waals surface area (Å²) in [6.07, 6.45) is 0.520. The molecule has 25 heavy (non-hydrogen) atoms. The lowest BCUT2D eigenvalue weighted by Crippen LogP contribution is -2.50. The lowest BCUT2D eigenvalue weighted by molar-refractivity contribution is -0.143. The van der Waals surface area contributed by atoms with Crippen molar-refractivity contribution < 1.29 is 23.5 Å². The summed E-state index contributed by atoms with van der Waals surface area (Å²) in [6, 6.07) is 2.26. The van der Waals surface area contributed by atoms with Crippen molar-refractivity contribution in [2.45, 2.75) is 26.3 Å². The number of carboxylic acids is 1. The molecule has 1 saturated heterocycles. The zero-order valence-corrected chi connectivity index (χ0v) is 14.3.